The Hall–Kier alpha value is -1.39. The Balaban J connectivity index is 2.44. The lowest BCUT2D eigenvalue weighted by Gasteiger charge is -2.35. The second-order valence-electron chi connectivity index (χ2n) is 4.44. The van der Waals surface area contributed by atoms with Crippen molar-refractivity contribution in [3.63, 3.8) is 0 Å². The standard InChI is InChI=1S/C12H15F3N2/c1-8(2)17-6-5-16-10-4-3-9(7-11(10)17)12(13,14)15/h3-4,7-8,16H,5-6H2,1-2H3. The fourth-order valence-corrected chi connectivity index (χ4v) is 2.06. The van der Waals surface area contributed by atoms with Crippen molar-refractivity contribution >= 4 is 11.4 Å². The van der Waals surface area contributed by atoms with E-state index >= 15 is 0 Å². The lowest BCUT2D eigenvalue weighted by molar-refractivity contribution is -0.137. The molecule has 0 atom stereocenters. The van der Waals surface area contributed by atoms with Crippen molar-refractivity contribution in [2.45, 2.75) is 26.1 Å². The van der Waals surface area contributed by atoms with Crippen LogP contribution in [0.3, 0.4) is 0 Å². The van der Waals surface area contributed by atoms with Crippen LogP contribution in [0, 0.1) is 0 Å². The van der Waals surface area contributed by atoms with E-state index in [4.69, 9.17) is 0 Å². The summed E-state index contributed by atoms with van der Waals surface area (Å²) in [6, 6.07) is 4.04. The first-order valence-electron chi connectivity index (χ1n) is 5.61. The second kappa shape index (κ2) is 4.13. The molecule has 17 heavy (non-hydrogen) atoms. The van der Waals surface area contributed by atoms with Crippen LogP contribution in [-0.4, -0.2) is 19.1 Å². The van der Waals surface area contributed by atoms with Gasteiger partial charge in [-0.05, 0) is 32.0 Å². The van der Waals surface area contributed by atoms with Crippen molar-refractivity contribution in [2.24, 2.45) is 0 Å². The van der Waals surface area contributed by atoms with Gasteiger partial charge in [-0.15, -0.1) is 0 Å². The van der Waals surface area contributed by atoms with E-state index < -0.39 is 11.7 Å². The highest BCUT2D eigenvalue weighted by Crippen LogP contribution is 2.37. The number of fused-ring (bicyclic) bond motifs is 1. The molecular formula is C12H15F3N2. The van der Waals surface area contributed by atoms with E-state index in [1.54, 1.807) is 0 Å². The summed E-state index contributed by atoms with van der Waals surface area (Å²) in [7, 11) is 0. The third kappa shape index (κ3) is 2.33. The number of hydrogen-bond acceptors (Lipinski definition) is 2. The molecule has 0 aliphatic carbocycles. The van der Waals surface area contributed by atoms with Crippen LogP contribution < -0.4 is 10.2 Å². The number of rotatable bonds is 1. The molecule has 1 N–H and O–H groups in total. The topological polar surface area (TPSA) is 15.3 Å². The summed E-state index contributed by atoms with van der Waals surface area (Å²) in [6.07, 6.45) is -4.28. The Bertz CT molecular complexity index is 413. The van der Waals surface area contributed by atoms with Crippen molar-refractivity contribution in [1.82, 2.24) is 0 Å². The van der Waals surface area contributed by atoms with E-state index in [1.165, 1.54) is 12.1 Å². The molecule has 0 spiro atoms. The zero-order valence-corrected chi connectivity index (χ0v) is 9.80. The predicted octanol–water partition coefficient (Wildman–Crippen LogP) is 3.35. The number of nitrogens with zero attached hydrogens (tertiary/aromatic N) is 1. The van der Waals surface area contributed by atoms with Gasteiger partial charge in [0.15, 0.2) is 0 Å². The van der Waals surface area contributed by atoms with Crippen molar-refractivity contribution in [2.75, 3.05) is 23.3 Å². The summed E-state index contributed by atoms with van der Waals surface area (Å²) in [4.78, 5) is 1.99. The quantitative estimate of drug-likeness (QED) is 0.815. The summed E-state index contributed by atoms with van der Waals surface area (Å²) in [5.41, 5.74) is 0.824. The first-order valence-corrected chi connectivity index (χ1v) is 5.61. The van der Waals surface area contributed by atoms with Gasteiger partial charge in [0.05, 0.1) is 16.9 Å². The van der Waals surface area contributed by atoms with Crippen LogP contribution in [0.4, 0.5) is 24.5 Å². The number of halogens is 3. The normalized spacial score (nSPS) is 15.8. The van der Waals surface area contributed by atoms with E-state index in [0.717, 1.165) is 24.8 Å². The van der Waals surface area contributed by atoms with Crippen LogP contribution in [0.2, 0.25) is 0 Å². The molecule has 1 heterocycles. The molecule has 94 valence electrons. The van der Waals surface area contributed by atoms with E-state index in [0.29, 0.717) is 5.69 Å². The van der Waals surface area contributed by atoms with E-state index in [1.807, 2.05) is 18.7 Å². The molecule has 0 saturated heterocycles. The average molecular weight is 244 g/mol. The summed E-state index contributed by atoms with van der Waals surface area (Å²) in [6.45, 7) is 5.45. The highest BCUT2D eigenvalue weighted by atomic mass is 19.4. The number of hydrogen-bond donors (Lipinski definition) is 1. The van der Waals surface area contributed by atoms with E-state index in [2.05, 4.69) is 5.32 Å². The van der Waals surface area contributed by atoms with E-state index in [-0.39, 0.29) is 6.04 Å². The number of nitrogens with one attached hydrogen (secondary N) is 1. The SMILES string of the molecule is CC(C)N1CCNc2ccc(C(F)(F)F)cc21. The summed E-state index contributed by atoms with van der Waals surface area (Å²) in [5.74, 6) is 0. The lowest BCUT2D eigenvalue weighted by atomic mass is 10.1. The Morgan fingerprint density at radius 3 is 2.59 bits per heavy atom. The smallest absolute Gasteiger partial charge is 0.382 e. The molecule has 2 nitrogen and oxygen atoms in total. The highest BCUT2D eigenvalue weighted by molar-refractivity contribution is 5.73. The zero-order chi connectivity index (χ0) is 12.6. The maximum Gasteiger partial charge on any atom is 0.416 e. The van der Waals surface area contributed by atoms with Crippen molar-refractivity contribution in [3.8, 4) is 0 Å². The molecular weight excluding hydrogens is 229 g/mol. The summed E-state index contributed by atoms with van der Waals surface area (Å²) < 4.78 is 37.9. The van der Waals surface area contributed by atoms with Crippen LogP contribution >= 0.6 is 0 Å². The largest absolute Gasteiger partial charge is 0.416 e. The molecule has 1 aromatic rings. The van der Waals surface area contributed by atoms with Gasteiger partial charge in [-0.3, -0.25) is 0 Å². The van der Waals surface area contributed by atoms with Crippen LogP contribution in [-0.2, 0) is 6.18 Å². The molecule has 1 aromatic carbocycles. The van der Waals surface area contributed by atoms with Crippen LogP contribution in [0.5, 0.6) is 0 Å². The number of benzene rings is 1. The first-order chi connectivity index (χ1) is 7.89. The van der Waals surface area contributed by atoms with Gasteiger partial charge in [0.2, 0.25) is 0 Å². The summed E-state index contributed by atoms with van der Waals surface area (Å²) in [5, 5.41) is 3.12. The maximum atomic E-state index is 12.6. The minimum atomic E-state index is -4.28. The zero-order valence-electron chi connectivity index (χ0n) is 9.80. The predicted molar refractivity (Wildman–Crippen MR) is 62.4 cm³/mol. The van der Waals surface area contributed by atoms with Crippen molar-refractivity contribution < 1.29 is 13.2 Å². The molecule has 1 aliphatic rings. The van der Waals surface area contributed by atoms with Gasteiger partial charge in [0, 0.05) is 19.1 Å². The minimum absolute atomic E-state index is 0.194. The average Bonchev–Trinajstić information content (AvgIpc) is 2.26. The Kier molecular flexibility index (Phi) is 2.93. The van der Waals surface area contributed by atoms with Crippen LogP contribution in [0.25, 0.3) is 0 Å². The van der Waals surface area contributed by atoms with Gasteiger partial charge < -0.3 is 10.2 Å². The van der Waals surface area contributed by atoms with E-state index in [9.17, 15) is 13.2 Å². The maximum absolute atomic E-state index is 12.6. The van der Waals surface area contributed by atoms with Crippen molar-refractivity contribution in [3.05, 3.63) is 23.8 Å². The molecule has 0 bridgehead atoms. The first kappa shape index (κ1) is 12.1. The van der Waals surface area contributed by atoms with Crippen LogP contribution in [0.15, 0.2) is 18.2 Å². The minimum Gasteiger partial charge on any atom is -0.382 e. The molecule has 0 radical (unpaired) electrons. The highest BCUT2D eigenvalue weighted by Gasteiger charge is 2.32. The van der Waals surface area contributed by atoms with Gasteiger partial charge in [-0.2, -0.15) is 13.2 Å². The molecule has 0 saturated carbocycles. The monoisotopic (exact) mass is 244 g/mol. The fourth-order valence-electron chi connectivity index (χ4n) is 2.06. The molecule has 0 aromatic heterocycles. The molecule has 0 amide bonds. The Labute approximate surface area is 98.4 Å². The van der Waals surface area contributed by atoms with Gasteiger partial charge in [-0.25, -0.2) is 0 Å². The number of anilines is 2. The number of alkyl halides is 3. The molecule has 5 heteroatoms. The van der Waals surface area contributed by atoms with Crippen molar-refractivity contribution in [1.29, 1.82) is 0 Å². The van der Waals surface area contributed by atoms with Gasteiger partial charge in [0.25, 0.3) is 0 Å². The van der Waals surface area contributed by atoms with Gasteiger partial charge >= 0.3 is 6.18 Å². The fraction of sp³-hybridized carbons (Fsp3) is 0.500. The molecule has 2 rings (SSSR count). The van der Waals surface area contributed by atoms with Gasteiger partial charge in [-0.1, -0.05) is 0 Å². The van der Waals surface area contributed by atoms with Gasteiger partial charge in [0.1, 0.15) is 0 Å². The Morgan fingerprint density at radius 2 is 2.00 bits per heavy atom. The Morgan fingerprint density at radius 1 is 1.29 bits per heavy atom. The third-order valence-corrected chi connectivity index (χ3v) is 2.93. The van der Waals surface area contributed by atoms with Crippen LogP contribution in [0.1, 0.15) is 19.4 Å². The summed E-state index contributed by atoms with van der Waals surface area (Å²) >= 11 is 0. The third-order valence-electron chi connectivity index (χ3n) is 2.93. The molecule has 0 fully saturated rings. The second-order valence-corrected chi connectivity index (χ2v) is 4.44. The lowest BCUT2D eigenvalue weighted by Crippen LogP contribution is -2.39. The molecule has 0 unspecified atom stereocenters. The molecule has 1 aliphatic heterocycles.